The Hall–Kier alpha value is -2.07. The first kappa shape index (κ1) is 13.9. The summed E-state index contributed by atoms with van der Waals surface area (Å²) in [5.41, 5.74) is 1.72. The third kappa shape index (κ3) is 3.00. The summed E-state index contributed by atoms with van der Waals surface area (Å²) in [7, 11) is 0. The normalized spacial score (nSPS) is 22.0. The summed E-state index contributed by atoms with van der Waals surface area (Å²) in [5.74, 6) is 0.0452. The molecule has 2 unspecified atom stereocenters. The van der Waals surface area contributed by atoms with E-state index in [9.17, 15) is 9.90 Å². The van der Waals surface area contributed by atoms with Gasteiger partial charge in [0.15, 0.2) is 5.76 Å². The van der Waals surface area contributed by atoms with Crippen molar-refractivity contribution in [3.8, 4) is 11.1 Å². The molecule has 1 fully saturated rings. The number of furan rings is 1. The summed E-state index contributed by atoms with van der Waals surface area (Å²) < 4.78 is 5.36. The van der Waals surface area contributed by atoms with Gasteiger partial charge in [-0.25, -0.2) is 0 Å². The van der Waals surface area contributed by atoms with Gasteiger partial charge in [-0.3, -0.25) is 4.79 Å². The van der Waals surface area contributed by atoms with E-state index in [1.807, 2.05) is 30.3 Å². The van der Waals surface area contributed by atoms with Gasteiger partial charge < -0.3 is 14.8 Å². The number of aliphatic hydroxyl groups excluding tert-OH is 1. The van der Waals surface area contributed by atoms with E-state index < -0.39 is 6.10 Å². The highest BCUT2D eigenvalue weighted by Crippen LogP contribution is 2.25. The van der Waals surface area contributed by atoms with Crippen LogP contribution in [0, 0.1) is 0 Å². The van der Waals surface area contributed by atoms with Gasteiger partial charge in [0.05, 0.1) is 18.4 Å². The summed E-state index contributed by atoms with van der Waals surface area (Å²) in [5, 5.41) is 12.9. The molecule has 1 aliphatic rings. The molecule has 1 heterocycles. The smallest absolute Gasteiger partial charge is 0.287 e. The molecular formula is C17H19NO3. The lowest BCUT2D eigenvalue weighted by molar-refractivity contribution is 0.0699. The SMILES string of the molecule is O=C(NC1CCCCC1O)c1occc1-c1ccccc1. The predicted octanol–water partition coefficient (Wildman–Crippen LogP) is 2.98. The molecule has 110 valence electrons. The minimum Gasteiger partial charge on any atom is -0.459 e. The minimum atomic E-state index is -0.460. The Balaban J connectivity index is 1.78. The van der Waals surface area contributed by atoms with E-state index in [1.165, 1.54) is 6.26 Å². The van der Waals surface area contributed by atoms with Crippen LogP contribution in [0.3, 0.4) is 0 Å². The standard InChI is InChI=1S/C17H19NO3/c19-15-9-5-4-8-14(15)18-17(20)16-13(10-11-21-16)12-6-2-1-3-7-12/h1-3,6-7,10-11,14-15,19H,4-5,8-9H2,(H,18,20). The zero-order valence-corrected chi connectivity index (χ0v) is 11.8. The van der Waals surface area contributed by atoms with E-state index in [-0.39, 0.29) is 11.9 Å². The van der Waals surface area contributed by atoms with Gasteiger partial charge >= 0.3 is 0 Å². The van der Waals surface area contributed by atoms with Crippen molar-refractivity contribution in [2.75, 3.05) is 0 Å². The second-order valence-corrected chi connectivity index (χ2v) is 5.46. The fourth-order valence-corrected chi connectivity index (χ4v) is 2.84. The van der Waals surface area contributed by atoms with Crippen LogP contribution >= 0.6 is 0 Å². The number of carbonyl (C=O) groups excluding carboxylic acids is 1. The molecule has 1 aromatic carbocycles. The zero-order valence-electron chi connectivity index (χ0n) is 11.8. The third-order valence-corrected chi connectivity index (χ3v) is 4.00. The lowest BCUT2D eigenvalue weighted by Gasteiger charge is -2.28. The van der Waals surface area contributed by atoms with Gasteiger partial charge in [-0.05, 0) is 24.5 Å². The van der Waals surface area contributed by atoms with Gasteiger partial charge in [0.25, 0.3) is 5.91 Å². The van der Waals surface area contributed by atoms with Gasteiger partial charge in [0.1, 0.15) is 0 Å². The van der Waals surface area contributed by atoms with Gasteiger partial charge in [-0.1, -0.05) is 43.2 Å². The van der Waals surface area contributed by atoms with E-state index in [4.69, 9.17) is 4.42 Å². The summed E-state index contributed by atoms with van der Waals surface area (Å²) >= 11 is 0. The molecule has 1 aliphatic carbocycles. The number of benzene rings is 1. The van der Waals surface area contributed by atoms with Crippen molar-refractivity contribution in [2.24, 2.45) is 0 Å². The quantitative estimate of drug-likeness (QED) is 0.911. The lowest BCUT2D eigenvalue weighted by atomic mass is 9.92. The molecule has 0 saturated heterocycles. The van der Waals surface area contributed by atoms with Crippen LogP contribution in [0.2, 0.25) is 0 Å². The van der Waals surface area contributed by atoms with Crippen LogP contribution in [0.1, 0.15) is 36.2 Å². The van der Waals surface area contributed by atoms with Crippen molar-refractivity contribution >= 4 is 5.91 Å². The van der Waals surface area contributed by atoms with Crippen LogP contribution in [0.25, 0.3) is 11.1 Å². The molecule has 0 spiro atoms. The highest BCUT2D eigenvalue weighted by molar-refractivity contribution is 5.98. The Morgan fingerprint density at radius 3 is 2.67 bits per heavy atom. The van der Waals surface area contributed by atoms with Crippen LogP contribution in [0.5, 0.6) is 0 Å². The van der Waals surface area contributed by atoms with Crippen LogP contribution in [-0.2, 0) is 0 Å². The summed E-state index contributed by atoms with van der Waals surface area (Å²) in [6.45, 7) is 0. The molecule has 0 aliphatic heterocycles. The molecular weight excluding hydrogens is 266 g/mol. The zero-order chi connectivity index (χ0) is 14.7. The van der Waals surface area contributed by atoms with Gasteiger partial charge in [0.2, 0.25) is 0 Å². The van der Waals surface area contributed by atoms with Gasteiger partial charge in [-0.2, -0.15) is 0 Å². The molecule has 0 radical (unpaired) electrons. The number of hydrogen-bond donors (Lipinski definition) is 2. The Morgan fingerprint density at radius 1 is 1.14 bits per heavy atom. The Labute approximate surface area is 123 Å². The summed E-state index contributed by atoms with van der Waals surface area (Å²) in [4.78, 5) is 12.4. The van der Waals surface area contributed by atoms with E-state index >= 15 is 0 Å². The monoisotopic (exact) mass is 285 g/mol. The molecule has 2 aromatic rings. The van der Waals surface area contributed by atoms with Crippen LogP contribution in [0.4, 0.5) is 0 Å². The lowest BCUT2D eigenvalue weighted by Crippen LogP contribution is -2.45. The van der Waals surface area contributed by atoms with Crippen molar-refractivity contribution in [3.63, 3.8) is 0 Å². The topological polar surface area (TPSA) is 62.5 Å². The average Bonchev–Trinajstić information content (AvgIpc) is 3.00. The fourth-order valence-electron chi connectivity index (χ4n) is 2.84. The maximum absolute atomic E-state index is 12.4. The second-order valence-electron chi connectivity index (χ2n) is 5.46. The predicted molar refractivity (Wildman–Crippen MR) is 79.9 cm³/mol. The van der Waals surface area contributed by atoms with Crippen molar-refractivity contribution in [1.29, 1.82) is 0 Å². The van der Waals surface area contributed by atoms with Crippen molar-refractivity contribution in [1.82, 2.24) is 5.32 Å². The number of aliphatic hydroxyl groups is 1. The molecule has 1 amide bonds. The minimum absolute atomic E-state index is 0.181. The van der Waals surface area contributed by atoms with Crippen LogP contribution in [-0.4, -0.2) is 23.2 Å². The van der Waals surface area contributed by atoms with E-state index in [2.05, 4.69) is 5.32 Å². The third-order valence-electron chi connectivity index (χ3n) is 4.00. The maximum atomic E-state index is 12.4. The maximum Gasteiger partial charge on any atom is 0.287 e. The largest absolute Gasteiger partial charge is 0.459 e. The molecule has 4 heteroatoms. The molecule has 0 bridgehead atoms. The Morgan fingerprint density at radius 2 is 1.90 bits per heavy atom. The highest BCUT2D eigenvalue weighted by atomic mass is 16.3. The first-order valence-corrected chi connectivity index (χ1v) is 7.37. The van der Waals surface area contributed by atoms with Crippen LogP contribution < -0.4 is 5.32 Å². The van der Waals surface area contributed by atoms with E-state index in [0.29, 0.717) is 5.76 Å². The molecule has 2 atom stereocenters. The van der Waals surface area contributed by atoms with Crippen molar-refractivity contribution < 1.29 is 14.3 Å². The Kier molecular flexibility index (Phi) is 4.06. The van der Waals surface area contributed by atoms with Crippen LogP contribution in [0.15, 0.2) is 47.1 Å². The molecule has 3 rings (SSSR count). The van der Waals surface area contributed by atoms with Gasteiger partial charge in [-0.15, -0.1) is 0 Å². The molecule has 1 saturated carbocycles. The van der Waals surface area contributed by atoms with E-state index in [1.54, 1.807) is 6.07 Å². The van der Waals surface area contributed by atoms with Crippen molar-refractivity contribution in [2.45, 2.75) is 37.8 Å². The number of amides is 1. The second kappa shape index (κ2) is 6.14. The highest BCUT2D eigenvalue weighted by Gasteiger charge is 2.26. The summed E-state index contributed by atoms with van der Waals surface area (Å²) in [6, 6.07) is 11.3. The molecule has 21 heavy (non-hydrogen) atoms. The average molecular weight is 285 g/mol. The number of nitrogens with one attached hydrogen (secondary N) is 1. The Bertz CT molecular complexity index is 606. The summed E-state index contributed by atoms with van der Waals surface area (Å²) in [6.07, 6.45) is 4.67. The van der Waals surface area contributed by atoms with E-state index in [0.717, 1.165) is 36.8 Å². The molecule has 1 aromatic heterocycles. The number of carbonyl (C=O) groups is 1. The fraction of sp³-hybridized carbons (Fsp3) is 0.353. The van der Waals surface area contributed by atoms with Gasteiger partial charge in [0, 0.05) is 5.56 Å². The number of hydrogen-bond acceptors (Lipinski definition) is 3. The van der Waals surface area contributed by atoms with Crippen molar-refractivity contribution in [3.05, 3.63) is 48.4 Å². The number of rotatable bonds is 3. The molecule has 2 N–H and O–H groups in total. The first-order chi connectivity index (χ1) is 10.3. The first-order valence-electron chi connectivity index (χ1n) is 7.37. The molecule has 4 nitrogen and oxygen atoms in total.